The molecule has 3 heteroatoms. The molecular weight excluding hydrogens is 216 g/mol. The fourth-order valence-electron chi connectivity index (χ4n) is 1.31. The highest BCUT2D eigenvalue weighted by molar-refractivity contribution is 7.99. The molecule has 1 aromatic rings. The van der Waals surface area contributed by atoms with Crippen molar-refractivity contribution in [2.45, 2.75) is 30.7 Å². The van der Waals surface area contributed by atoms with Crippen molar-refractivity contribution in [2.75, 3.05) is 12.8 Å². The molecule has 0 fully saturated rings. The van der Waals surface area contributed by atoms with Crippen molar-refractivity contribution in [3.63, 3.8) is 0 Å². The van der Waals surface area contributed by atoms with E-state index >= 15 is 0 Å². The van der Waals surface area contributed by atoms with Gasteiger partial charge in [-0.1, -0.05) is 17.7 Å². The summed E-state index contributed by atoms with van der Waals surface area (Å²) in [6, 6.07) is 10.8. The van der Waals surface area contributed by atoms with Gasteiger partial charge in [-0.2, -0.15) is 5.26 Å². The Morgan fingerprint density at radius 1 is 1.50 bits per heavy atom. The molecule has 1 unspecified atom stereocenters. The summed E-state index contributed by atoms with van der Waals surface area (Å²) in [5, 5.41) is 12.1. The minimum absolute atomic E-state index is 0.406. The first kappa shape index (κ1) is 13.1. The monoisotopic (exact) mass is 234 g/mol. The van der Waals surface area contributed by atoms with Crippen molar-refractivity contribution in [3.05, 3.63) is 29.8 Å². The molecule has 1 atom stereocenters. The van der Waals surface area contributed by atoms with E-state index in [-0.39, 0.29) is 0 Å². The largest absolute Gasteiger partial charge is 0.303 e. The van der Waals surface area contributed by atoms with Gasteiger partial charge in [-0.05, 0) is 39.4 Å². The smallest absolute Gasteiger partial charge is 0.104 e. The maximum absolute atomic E-state index is 9.00. The Kier molecular flexibility index (Phi) is 4.85. The molecule has 1 N–H and O–H groups in total. The topological polar surface area (TPSA) is 35.8 Å². The molecule has 1 aromatic carbocycles. The van der Waals surface area contributed by atoms with Gasteiger partial charge < -0.3 is 5.32 Å². The first-order valence-electron chi connectivity index (χ1n) is 5.39. The summed E-state index contributed by atoms with van der Waals surface area (Å²) in [6.07, 6.45) is 0.846. The van der Waals surface area contributed by atoms with E-state index in [1.807, 2.05) is 14.0 Å². The lowest BCUT2D eigenvalue weighted by Crippen LogP contribution is -2.38. The van der Waals surface area contributed by atoms with Crippen LogP contribution in [-0.2, 0) is 0 Å². The molecule has 16 heavy (non-hydrogen) atoms. The number of benzene rings is 1. The number of nitriles is 1. The quantitative estimate of drug-likeness (QED) is 0.796. The van der Waals surface area contributed by atoms with Gasteiger partial charge in [0.1, 0.15) is 5.54 Å². The Labute approximate surface area is 102 Å². The van der Waals surface area contributed by atoms with E-state index in [9.17, 15) is 0 Å². The van der Waals surface area contributed by atoms with Crippen molar-refractivity contribution in [1.29, 1.82) is 5.26 Å². The third-order valence-electron chi connectivity index (χ3n) is 2.66. The van der Waals surface area contributed by atoms with Crippen LogP contribution in [0.1, 0.15) is 18.9 Å². The van der Waals surface area contributed by atoms with E-state index in [0.29, 0.717) is 0 Å². The molecule has 0 spiro atoms. The van der Waals surface area contributed by atoms with Gasteiger partial charge in [0, 0.05) is 10.6 Å². The Morgan fingerprint density at radius 3 is 2.81 bits per heavy atom. The summed E-state index contributed by atoms with van der Waals surface area (Å²) in [6.45, 7) is 4.03. The second-order valence-electron chi connectivity index (χ2n) is 4.11. The molecule has 0 bridgehead atoms. The van der Waals surface area contributed by atoms with Gasteiger partial charge in [-0.15, -0.1) is 11.8 Å². The predicted molar refractivity (Wildman–Crippen MR) is 69.6 cm³/mol. The van der Waals surface area contributed by atoms with E-state index in [1.54, 1.807) is 11.8 Å². The van der Waals surface area contributed by atoms with Crippen LogP contribution >= 0.6 is 11.8 Å². The zero-order valence-corrected chi connectivity index (χ0v) is 10.9. The van der Waals surface area contributed by atoms with Crippen molar-refractivity contribution in [3.8, 4) is 6.07 Å². The fourth-order valence-corrected chi connectivity index (χ4v) is 2.50. The molecular formula is C13H18N2S. The van der Waals surface area contributed by atoms with Crippen LogP contribution in [-0.4, -0.2) is 18.3 Å². The second-order valence-corrected chi connectivity index (χ2v) is 5.28. The minimum Gasteiger partial charge on any atom is -0.303 e. The molecule has 2 nitrogen and oxygen atoms in total. The number of hydrogen-bond donors (Lipinski definition) is 1. The number of nitrogens with zero attached hydrogens (tertiary/aromatic N) is 1. The molecule has 0 saturated carbocycles. The van der Waals surface area contributed by atoms with E-state index in [0.717, 1.165) is 12.2 Å². The number of aryl methyl sites for hydroxylation is 1. The maximum Gasteiger partial charge on any atom is 0.104 e. The summed E-state index contributed by atoms with van der Waals surface area (Å²) in [7, 11) is 1.83. The van der Waals surface area contributed by atoms with Crippen LogP contribution in [0.4, 0.5) is 0 Å². The highest BCUT2D eigenvalue weighted by Gasteiger charge is 2.20. The van der Waals surface area contributed by atoms with Crippen LogP contribution in [0.5, 0.6) is 0 Å². The highest BCUT2D eigenvalue weighted by atomic mass is 32.2. The lowest BCUT2D eigenvalue weighted by atomic mass is 10.0. The van der Waals surface area contributed by atoms with Crippen LogP contribution in [0, 0.1) is 18.3 Å². The maximum atomic E-state index is 9.00. The fraction of sp³-hybridized carbons (Fsp3) is 0.462. The zero-order chi connectivity index (χ0) is 12.0. The molecule has 0 heterocycles. The zero-order valence-electron chi connectivity index (χ0n) is 10.1. The average molecular weight is 234 g/mol. The lowest BCUT2D eigenvalue weighted by Gasteiger charge is -2.19. The normalized spacial score (nSPS) is 14.1. The molecule has 86 valence electrons. The van der Waals surface area contributed by atoms with Gasteiger partial charge >= 0.3 is 0 Å². The SMILES string of the molecule is CNC(C)(C#N)CCSc1cccc(C)c1. The van der Waals surface area contributed by atoms with Crippen LogP contribution in [0.2, 0.25) is 0 Å². The third-order valence-corrected chi connectivity index (χ3v) is 3.65. The first-order chi connectivity index (χ1) is 7.59. The van der Waals surface area contributed by atoms with Gasteiger partial charge in [-0.25, -0.2) is 0 Å². The Bertz CT molecular complexity index is 384. The van der Waals surface area contributed by atoms with Crippen molar-refractivity contribution >= 4 is 11.8 Å². The summed E-state index contributed by atoms with van der Waals surface area (Å²) < 4.78 is 0. The van der Waals surface area contributed by atoms with Crippen molar-refractivity contribution < 1.29 is 0 Å². The Morgan fingerprint density at radius 2 is 2.25 bits per heavy atom. The first-order valence-corrected chi connectivity index (χ1v) is 6.38. The van der Waals surface area contributed by atoms with E-state index < -0.39 is 5.54 Å². The van der Waals surface area contributed by atoms with Gasteiger partial charge in [-0.3, -0.25) is 0 Å². The van der Waals surface area contributed by atoms with Crippen molar-refractivity contribution in [1.82, 2.24) is 5.32 Å². The van der Waals surface area contributed by atoms with E-state index in [2.05, 4.69) is 42.6 Å². The number of hydrogen-bond acceptors (Lipinski definition) is 3. The van der Waals surface area contributed by atoms with E-state index in [1.165, 1.54) is 10.5 Å². The lowest BCUT2D eigenvalue weighted by molar-refractivity contribution is 0.480. The molecule has 0 radical (unpaired) electrons. The molecule has 0 aromatic heterocycles. The van der Waals surface area contributed by atoms with Crippen LogP contribution in [0.3, 0.4) is 0 Å². The van der Waals surface area contributed by atoms with Gasteiger partial charge in [0.15, 0.2) is 0 Å². The summed E-state index contributed by atoms with van der Waals surface area (Å²) in [5.41, 5.74) is 0.873. The molecule has 1 rings (SSSR count). The van der Waals surface area contributed by atoms with Crippen molar-refractivity contribution in [2.24, 2.45) is 0 Å². The summed E-state index contributed by atoms with van der Waals surface area (Å²) in [4.78, 5) is 1.27. The minimum atomic E-state index is -0.406. The Balaban J connectivity index is 2.45. The second kappa shape index (κ2) is 5.93. The predicted octanol–water partition coefficient (Wildman–Crippen LogP) is 2.98. The molecule has 0 aliphatic carbocycles. The molecule has 0 aliphatic heterocycles. The van der Waals surface area contributed by atoms with Crippen LogP contribution < -0.4 is 5.32 Å². The third kappa shape index (κ3) is 3.88. The number of rotatable bonds is 5. The van der Waals surface area contributed by atoms with Gasteiger partial charge in [0.25, 0.3) is 0 Å². The highest BCUT2D eigenvalue weighted by Crippen LogP contribution is 2.22. The molecule has 0 amide bonds. The standard InChI is InChI=1S/C13H18N2S/c1-11-5-4-6-12(9-11)16-8-7-13(2,10-14)15-3/h4-6,9,15H,7-8H2,1-3H3. The Hall–Kier alpha value is -0.980. The molecule has 0 aliphatic rings. The number of nitrogens with one attached hydrogen (secondary N) is 1. The molecule has 0 saturated heterocycles. The summed E-state index contributed by atoms with van der Waals surface area (Å²) in [5.74, 6) is 0.953. The van der Waals surface area contributed by atoms with Gasteiger partial charge in [0.2, 0.25) is 0 Å². The van der Waals surface area contributed by atoms with Gasteiger partial charge in [0.05, 0.1) is 6.07 Å². The summed E-state index contributed by atoms with van der Waals surface area (Å²) >= 11 is 1.80. The number of thioether (sulfide) groups is 1. The average Bonchev–Trinajstić information content (AvgIpc) is 2.29. The van der Waals surface area contributed by atoms with E-state index in [4.69, 9.17) is 5.26 Å². The van der Waals surface area contributed by atoms with Crippen LogP contribution in [0.15, 0.2) is 29.2 Å². The van der Waals surface area contributed by atoms with Crippen LogP contribution in [0.25, 0.3) is 0 Å².